The average molecular weight is 524 g/mol. The summed E-state index contributed by atoms with van der Waals surface area (Å²) in [6.45, 7) is 1.59. The fraction of sp³-hybridized carbons (Fsp3) is 0.240. The molecule has 8 nitrogen and oxygen atoms in total. The monoisotopic (exact) mass is 523 g/mol. The van der Waals surface area contributed by atoms with Crippen LogP contribution >= 0.6 is 15.9 Å². The minimum absolute atomic E-state index is 0.0700. The first-order valence-electron chi connectivity index (χ1n) is 11.0. The highest BCUT2D eigenvalue weighted by Crippen LogP contribution is 2.27. The number of carbonyl (C=O) groups is 2. The quantitative estimate of drug-likeness (QED) is 0.434. The summed E-state index contributed by atoms with van der Waals surface area (Å²) in [5, 5.41) is 4.45. The fourth-order valence-electron chi connectivity index (χ4n) is 3.97. The minimum atomic E-state index is -0.476. The predicted octanol–water partition coefficient (Wildman–Crippen LogP) is 5.16. The van der Waals surface area contributed by atoms with Crippen LogP contribution in [0.1, 0.15) is 23.2 Å². The van der Waals surface area contributed by atoms with Crippen LogP contribution in [-0.4, -0.2) is 48.2 Å². The SMILES string of the molecule is COC(=O)N(Nc1ccccc1NC(=O)c1cccc(Br)c1)C1CCN(c2ccncc2)CC1. The molecule has 1 aliphatic rings. The zero-order valence-electron chi connectivity index (χ0n) is 18.8. The average Bonchev–Trinajstić information content (AvgIpc) is 2.88. The van der Waals surface area contributed by atoms with E-state index < -0.39 is 6.09 Å². The number of methoxy groups -OCH3 is 1. The molecule has 3 aromatic rings. The topological polar surface area (TPSA) is 86.8 Å². The third-order valence-electron chi connectivity index (χ3n) is 5.73. The number of rotatable bonds is 6. The molecule has 1 aromatic heterocycles. The number of nitrogens with one attached hydrogen (secondary N) is 2. The van der Waals surface area contributed by atoms with Gasteiger partial charge in [-0.25, -0.2) is 9.80 Å². The minimum Gasteiger partial charge on any atom is -0.452 e. The van der Waals surface area contributed by atoms with E-state index in [1.54, 1.807) is 36.7 Å². The van der Waals surface area contributed by atoms with Crippen molar-refractivity contribution < 1.29 is 14.3 Å². The Hall–Kier alpha value is -3.59. The number of amides is 2. The highest BCUT2D eigenvalue weighted by Gasteiger charge is 2.29. The van der Waals surface area contributed by atoms with E-state index in [2.05, 4.69) is 36.6 Å². The number of carbonyl (C=O) groups excluding carboxylic acids is 2. The van der Waals surface area contributed by atoms with Crippen LogP contribution in [0.2, 0.25) is 0 Å². The lowest BCUT2D eigenvalue weighted by Gasteiger charge is -2.39. The van der Waals surface area contributed by atoms with Crippen LogP contribution in [-0.2, 0) is 4.74 Å². The molecular formula is C25H26BrN5O3. The van der Waals surface area contributed by atoms with Crippen LogP contribution in [0.3, 0.4) is 0 Å². The molecule has 0 aliphatic carbocycles. The van der Waals surface area contributed by atoms with Crippen molar-refractivity contribution in [3.8, 4) is 0 Å². The standard InChI is InChI=1S/C25H26BrN5O3/c1-34-25(33)31(21-11-15-30(16-12-21)20-9-13-27-14-10-20)29-23-8-3-2-7-22(23)28-24(32)18-5-4-6-19(26)17-18/h2-10,13-14,17,21,29H,11-12,15-16H2,1H3,(H,28,32). The Labute approximate surface area is 207 Å². The smallest absolute Gasteiger partial charge is 0.428 e. The zero-order chi connectivity index (χ0) is 23.9. The Morgan fingerprint density at radius 1 is 1.03 bits per heavy atom. The van der Waals surface area contributed by atoms with Crippen LogP contribution in [0.4, 0.5) is 21.9 Å². The Balaban J connectivity index is 1.48. The molecule has 1 fully saturated rings. The van der Waals surface area contributed by atoms with Crippen molar-refractivity contribution in [1.29, 1.82) is 0 Å². The molecule has 2 amide bonds. The van der Waals surface area contributed by atoms with Crippen molar-refractivity contribution in [2.24, 2.45) is 0 Å². The van der Waals surface area contributed by atoms with Gasteiger partial charge in [0, 0.05) is 41.2 Å². The number of piperidine rings is 1. The molecule has 2 aromatic carbocycles. The maximum Gasteiger partial charge on any atom is 0.428 e. The molecule has 0 spiro atoms. The van der Waals surface area contributed by atoms with Crippen molar-refractivity contribution in [3.05, 3.63) is 83.1 Å². The summed E-state index contributed by atoms with van der Waals surface area (Å²) in [6.07, 6.45) is 4.61. The van der Waals surface area contributed by atoms with E-state index in [4.69, 9.17) is 4.74 Å². The molecule has 4 rings (SSSR count). The molecule has 0 unspecified atom stereocenters. The second kappa shape index (κ2) is 11.0. The molecule has 34 heavy (non-hydrogen) atoms. The molecule has 2 heterocycles. The third-order valence-corrected chi connectivity index (χ3v) is 6.23. The van der Waals surface area contributed by atoms with Crippen molar-refractivity contribution >= 4 is 45.0 Å². The first-order chi connectivity index (χ1) is 16.5. The van der Waals surface area contributed by atoms with Crippen LogP contribution in [0.5, 0.6) is 0 Å². The predicted molar refractivity (Wildman–Crippen MR) is 136 cm³/mol. The summed E-state index contributed by atoms with van der Waals surface area (Å²) in [7, 11) is 1.37. The van der Waals surface area contributed by atoms with Crippen molar-refractivity contribution in [2.45, 2.75) is 18.9 Å². The van der Waals surface area contributed by atoms with Gasteiger partial charge in [0.2, 0.25) is 0 Å². The van der Waals surface area contributed by atoms with Crippen LogP contribution < -0.4 is 15.6 Å². The van der Waals surface area contributed by atoms with Crippen LogP contribution in [0.15, 0.2) is 77.5 Å². The van der Waals surface area contributed by atoms with Gasteiger partial charge in [0.15, 0.2) is 0 Å². The largest absolute Gasteiger partial charge is 0.452 e. The van der Waals surface area contributed by atoms with Gasteiger partial charge in [-0.3, -0.25) is 15.2 Å². The van der Waals surface area contributed by atoms with E-state index in [-0.39, 0.29) is 11.9 Å². The molecular weight excluding hydrogens is 498 g/mol. The maximum absolute atomic E-state index is 12.8. The highest BCUT2D eigenvalue weighted by molar-refractivity contribution is 9.10. The van der Waals surface area contributed by atoms with E-state index in [1.165, 1.54) is 12.1 Å². The number of hydrogen-bond acceptors (Lipinski definition) is 6. The molecule has 176 valence electrons. The summed E-state index contributed by atoms with van der Waals surface area (Å²) in [5.41, 5.74) is 6.01. The van der Waals surface area contributed by atoms with Gasteiger partial charge in [0.25, 0.3) is 5.91 Å². The van der Waals surface area contributed by atoms with Gasteiger partial charge in [0.1, 0.15) is 0 Å². The summed E-state index contributed by atoms with van der Waals surface area (Å²) in [5.74, 6) is -0.245. The third kappa shape index (κ3) is 5.66. The van der Waals surface area contributed by atoms with E-state index in [9.17, 15) is 9.59 Å². The van der Waals surface area contributed by atoms with Gasteiger partial charge in [-0.2, -0.15) is 0 Å². The summed E-state index contributed by atoms with van der Waals surface area (Å²) < 4.78 is 5.88. The number of hydrazine groups is 1. The van der Waals surface area contributed by atoms with Gasteiger partial charge >= 0.3 is 6.09 Å². The van der Waals surface area contributed by atoms with Crippen molar-refractivity contribution in [1.82, 2.24) is 9.99 Å². The zero-order valence-corrected chi connectivity index (χ0v) is 20.4. The molecule has 1 saturated heterocycles. The normalized spacial score (nSPS) is 13.8. The Morgan fingerprint density at radius 2 is 1.74 bits per heavy atom. The second-order valence-electron chi connectivity index (χ2n) is 7.89. The van der Waals surface area contributed by atoms with Gasteiger partial charge in [0.05, 0.1) is 24.5 Å². The maximum atomic E-state index is 12.8. The Morgan fingerprint density at radius 3 is 2.41 bits per heavy atom. The number of aromatic nitrogens is 1. The summed E-state index contributed by atoms with van der Waals surface area (Å²) >= 11 is 3.39. The molecule has 0 saturated carbocycles. The number of benzene rings is 2. The lowest BCUT2D eigenvalue weighted by Crippen LogP contribution is -2.50. The number of ether oxygens (including phenoxy) is 1. The first-order valence-corrected chi connectivity index (χ1v) is 11.8. The van der Waals surface area contributed by atoms with Gasteiger partial charge < -0.3 is 15.0 Å². The summed E-state index contributed by atoms with van der Waals surface area (Å²) in [4.78, 5) is 31.8. The van der Waals surface area contributed by atoms with E-state index >= 15 is 0 Å². The van der Waals surface area contributed by atoms with Crippen LogP contribution in [0.25, 0.3) is 0 Å². The number of halogens is 1. The lowest BCUT2D eigenvalue weighted by molar-refractivity contribution is 0.102. The Bertz CT molecular complexity index is 1140. The fourth-order valence-corrected chi connectivity index (χ4v) is 4.36. The number of para-hydroxylation sites is 2. The van der Waals surface area contributed by atoms with Gasteiger partial charge in [-0.05, 0) is 55.3 Å². The number of nitrogens with zero attached hydrogens (tertiary/aromatic N) is 3. The van der Waals surface area contributed by atoms with E-state index in [0.29, 0.717) is 16.9 Å². The highest BCUT2D eigenvalue weighted by atomic mass is 79.9. The number of pyridine rings is 1. The Kier molecular flexibility index (Phi) is 7.64. The second-order valence-corrected chi connectivity index (χ2v) is 8.80. The lowest BCUT2D eigenvalue weighted by atomic mass is 10.0. The van der Waals surface area contributed by atoms with Gasteiger partial charge in [-0.1, -0.05) is 34.1 Å². The molecule has 9 heteroatoms. The molecule has 0 radical (unpaired) electrons. The van der Waals surface area contributed by atoms with Crippen molar-refractivity contribution in [2.75, 3.05) is 35.8 Å². The van der Waals surface area contributed by atoms with Gasteiger partial charge in [-0.15, -0.1) is 0 Å². The van der Waals surface area contributed by atoms with E-state index in [1.807, 2.05) is 36.4 Å². The van der Waals surface area contributed by atoms with Crippen molar-refractivity contribution in [3.63, 3.8) is 0 Å². The van der Waals surface area contributed by atoms with E-state index in [0.717, 1.165) is 36.1 Å². The first kappa shape index (κ1) is 23.6. The molecule has 1 aliphatic heterocycles. The van der Waals surface area contributed by atoms with Crippen LogP contribution in [0, 0.1) is 0 Å². The summed E-state index contributed by atoms with van der Waals surface area (Å²) in [6, 6.07) is 18.4. The molecule has 0 bridgehead atoms. The molecule has 2 N–H and O–H groups in total. The number of hydrogen-bond donors (Lipinski definition) is 2. The number of anilines is 3. The molecule has 0 atom stereocenters.